The lowest BCUT2D eigenvalue weighted by atomic mass is 10.2. The number of hydrogen-bond donors (Lipinski definition) is 1. The number of amides is 2. The van der Waals surface area contributed by atoms with Crippen molar-refractivity contribution in [2.45, 2.75) is 19.9 Å². The highest BCUT2D eigenvalue weighted by atomic mass is 32.1. The molecule has 0 spiro atoms. The molecule has 122 valence electrons. The molecule has 0 aliphatic carbocycles. The Morgan fingerprint density at radius 3 is 2.57 bits per heavy atom. The topological polar surface area (TPSA) is 62.3 Å². The number of thiazole rings is 1. The predicted molar refractivity (Wildman–Crippen MR) is 83.7 cm³/mol. The first-order valence-electron chi connectivity index (χ1n) is 6.78. The molecule has 1 N–H and O–H groups in total. The van der Waals surface area contributed by atoms with Gasteiger partial charge in [-0.2, -0.15) is 0 Å². The number of carbonyl (C=O) groups excluding carboxylic acids is 2. The van der Waals surface area contributed by atoms with Gasteiger partial charge in [-0.25, -0.2) is 13.8 Å². The summed E-state index contributed by atoms with van der Waals surface area (Å²) in [6.45, 7) is 3.74. The molecule has 0 aliphatic rings. The van der Waals surface area contributed by atoms with Gasteiger partial charge in [0.1, 0.15) is 5.69 Å². The zero-order valence-corrected chi connectivity index (χ0v) is 13.6. The Morgan fingerprint density at radius 1 is 1.26 bits per heavy atom. The maximum absolute atomic E-state index is 13.1. The van der Waals surface area contributed by atoms with E-state index in [9.17, 15) is 18.4 Å². The van der Waals surface area contributed by atoms with Crippen LogP contribution >= 0.6 is 11.3 Å². The molecule has 23 heavy (non-hydrogen) atoms. The van der Waals surface area contributed by atoms with Crippen molar-refractivity contribution < 1.29 is 18.4 Å². The zero-order valence-electron chi connectivity index (χ0n) is 12.8. The van der Waals surface area contributed by atoms with Gasteiger partial charge in [0, 0.05) is 24.0 Å². The van der Waals surface area contributed by atoms with Gasteiger partial charge < -0.3 is 4.90 Å². The minimum Gasteiger partial charge on any atom is -0.338 e. The Morgan fingerprint density at radius 2 is 1.96 bits per heavy atom. The van der Waals surface area contributed by atoms with Gasteiger partial charge in [-0.05, 0) is 32.0 Å². The Bertz CT molecular complexity index is 746. The molecule has 0 saturated carbocycles. The van der Waals surface area contributed by atoms with Gasteiger partial charge in [-0.1, -0.05) is 0 Å². The molecule has 2 aromatic rings. The Kier molecular flexibility index (Phi) is 5.05. The second kappa shape index (κ2) is 6.82. The van der Waals surface area contributed by atoms with Gasteiger partial charge in [0.15, 0.2) is 16.8 Å². The quantitative estimate of drug-likeness (QED) is 0.931. The molecule has 0 fully saturated rings. The molecule has 8 heteroatoms. The first kappa shape index (κ1) is 17.0. The zero-order chi connectivity index (χ0) is 17.1. The fraction of sp³-hybridized carbons (Fsp3) is 0.267. The highest BCUT2D eigenvalue weighted by Crippen LogP contribution is 2.18. The van der Waals surface area contributed by atoms with Crippen molar-refractivity contribution in [3.8, 4) is 0 Å². The van der Waals surface area contributed by atoms with E-state index in [4.69, 9.17) is 0 Å². The minimum absolute atomic E-state index is 0.0180. The van der Waals surface area contributed by atoms with Crippen molar-refractivity contribution in [1.29, 1.82) is 0 Å². The van der Waals surface area contributed by atoms with Crippen molar-refractivity contribution in [2.24, 2.45) is 0 Å². The highest BCUT2D eigenvalue weighted by molar-refractivity contribution is 7.14. The number of rotatable bonds is 4. The van der Waals surface area contributed by atoms with Crippen molar-refractivity contribution in [3.63, 3.8) is 0 Å². The second-order valence-corrected chi connectivity index (χ2v) is 5.99. The third kappa shape index (κ3) is 3.89. The van der Waals surface area contributed by atoms with E-state index >= 15 is 0 Å². The van der Waals surface area contributed by atoms with Crippen LogP contribution in [-0.2, 0) is 0 Å². The first-order chi connectivity index (χ1) is 10.8. The molecule has 0 aliphatic heterocycles. The van der Waals surface area contributed by atoms with E-state index in [0.29, 0.717) is 0 Å². The van der Waals surface area contributed by atoms with E-state index in [1.165, 1.54) is 16.3 Å². The Labute approximate surface area is 136 Å². The summed E-state index contributed by atoms with van der Waals surface area (Å²) in [5, 5.41) is 4.20. The number of halogens is 2. The molecule has 1 aromatic carbocycles. The highest BCUT2D eigenvalue weighted by Gasteiger charge is 2.18. The summed E-state index contributed by atoms with van der Waals surface area (Å²) in [6, 6.07) is 2.86. The third-order valence-electron chi connectivity index (χ3n) is 3.22. The van der Waals surface area contributed by atoms with Crippen LogP contribution in [0.2, 0.25) is 0 Å². The summed E-state index contributed by atoms with van der Waals surface area (Å²) in [5.41, 5.74) is 0.179. The summed E-state index contributed by atoms with van der Waals surface area (Å²) >= 11 is 1.08. The lowest BCUT2D eigenvalue weighted by Crippen LogP contribution is -2.33. The number of benzene rings is 1. The van der Waals surface area contributed by atoms with E-state index in [1.807, 2.05) is 13.8 Å². The number of carbonyl (C=O) groups is 2. The first-order valence-corrected chi connectivity index (χ1v) is 7.66. The lowest BCUT2D eigenvalue weighted by molar-refractivity contribution is 0.0749. The van der Waals surface area contributed by atoms with Crippen LogP contribution in [0, 0.1) is 11.6 Å². The molecule has 0 bridgehead atoms. The number of anilines is 1. The molecule has 0 radical (unpaired) electrons. The van der Waals surface area contributed by atoms with E-state index in [-0.39, 0.29) is 28.3 Å². The molecule has 2 amide bonds. The number of hydrogen-bond acceptors (Lipinski definition) is 4. The van der Waals surface area contributed by atoms with Crippen LogP contribution < -0.4 is 5.32 Å². The van der Waals surface area contributed by atoms with Crippen LogP contribution in [0.1, 0.15) is 34.7 Å². The van der Waals surface area contributed by atoms with Crippen LogP contribution in [-0.4, -0.2) is 34.8 Å². The summed E-state index contributed by atoms with van der Waals surface area (Å²) < 4.78 is 26.0. The van der Waals surface area contributed by atoms with Gasteiger partial charge in [0.2, 0.25) is 0 Å². The molecule has 0 saturated heterocycles. The van der Waals surface area contributed by atoms with Gasteiger partial charge >= 0.3 is 0 Å². The minimum atomic E-state index is -1.11. The summed E-state index contributed by atoms with van der Waals surface area (Å²) in [7, 11) is 1.66. The van der Waals surface area contributed by atoms with Crippen LogP contribution in [0.5, 0.6) is 0 Å². The van der Waals surface area contributed by atoms with Crippen molar-refractivity contribution in [3.05, 3.63) is 46.5 Å². The fourth-order valence-corrected chi connectivity index (χ4v) is 2.33. The maximum atomic E-state index is 13.1. The number of aromatic nitrogens is 1. The van der Waals surface area contributed by atoms with E-state index < -0.39 is 17.5 Å². The molecular formula is C15H15F2N3O2S. The summed E-state index contributed by atoms with van der Waals surface area (Å²) in [5.74, 6) is -3.02. The largest absolute Gasteiger partial charge is 0.338 e. The van der Waals surface area contributed by atoms with Gasteiger partial charge in [0.25, 0.3) is 11.8 Å². The Hall–Kier alpha value is -2.35. The lowest BCUT2D eigenvalue weighted by Gasteiger charge is -2.19. The number of nitrogens with zero attached hydrogens (tertiary/aromatic N) is 2. The normalized spacial score (nSPS) is 10.7. The Balaban J connectivity index is 2.11. The van der Waals surface area contributed by atoms with Crippen LogP contribution in [0.4, 0.5) is 13.9 Å². The van der Waals surface area contributed by atoms with Gasteiger partial charge in [-0.15, -0.1) is 11.3 Å². The molecule has 0 atom stereocenters. The maximum Gasteiger partial charge on any atom is 0.273 e. The van der Waals surface area contributed by atoms with Crippen LogP contribution in [0.3, 0.4) is 0 Å². The SMILES string of the molecule is CC(C)N(C)C(=O)c1csc(NC(=O)c2ccc(F)c(F)c2)n1. The average molecular weight is 339 g/mol. The molecule has 1 heterocycles. The van der Waals surface area contributed by atoms with Crippen molar-refractivity contribution >= 4 is 28.3 Å². The van der Waals surface area contributed by atoms with Gasteiger partial charge in [-0.3, -0.25) is 14.9 Å². The standard InChI is InChI=1S/C15H15F2N3O2S/c1-8(2)20(3)14(22)12-7-23-15(18-12)19-13(21)9-4-5-10(16)11(17)6-9/h4-8H,1-3H3,(H,18,19,21). The molecular weight excluding hydrogens is 324 g/mol. The molecule has 2 rings (SSSR count). The summed E-state index contributed by atoms with van der Waals surface area (Å²) in [4.78, 5) is 29.6. The summed E-state index contributed by atoms with van der Waals surface area (Å²) in [6.07, 6.45) is 0. The fourth-order valence-electron chi connectivity index (χ4n) is 1.65. The van der Waals surface area contributed by atoms with Crippen LogP contribution in [0.25, 0.3) is 0 Å². The van der Waals surface area contributed by atoms with E-state index in [0.717, 1.165) is 23.5 Å². The molecule has 1 aromatic heterocycles. The predicted octanol–water partition coefficient (Wildman–Crippen LogP) is 3.15. The average Bonchev–Trinajstić information content (AvgIpc) is 2.96. The molecule has 0 unspecified atom stereocenters. The van der Waals surface area contributed by atoms with Gasteiger partial charge in [0.05, 0.1) is 0 Å². The number of nitrogens with one attached hydrogen (secondary N) is 1. The monoisotopic (exact) mass is 339 g/mol. The van der Waals surface area contributed by atoms with E-state index in [1.54, 1.807) is 7.05 Å². The second-order valence-electron chi connectivity index (χ2n) is 5.13. The van der Waals surface area contributed by atoms with Crippen molar-refractivity contribution in [1.82, 2.24) is 9.88 Å². The third-order valence-corrected chi connectivity index (χ3v) is 3.98. The smallest absolute Gasteiger partial charge is 0.273 e. The van der Waals surface area contributed by atoms with Crippen LogP contribution in [0.15, 0.2) is 23.6 Å². The molecule has 5 nitrogen and oxygen atoms in total. The van der Waals surface area contributed by atoms with Crippen molar-refractivity contribution in [2.75, 3.05) is 12.4 Å². The van der Waals surface area contributed by atoms with E-state index in [2.05, 4.69) is 10.3 Å².